The van der Waals surface area contributed by atoms with E-state index in [4.69, 9.17) is 4.74 Å². The number of hydrogen-bond donors (Lipinski definition) is 3. The van der Waals surface area contributed by atoms with Gasteiger partial charge in [0.1, 0.15) is 0 Å². The van der Waals surface area contributed by atoms with Crippen LogP contribution >= 0.6 is 12.4 Å². The molecule has 2 rings (SSSR count). The summed E-state index contributed by atoms with van der Waals surface area (Å²) in [5, 5.41) is 8.31. The van der Waals surface area contributed by atoms with Crippen LogP contribution in [0.2, 0.25) is 0 Å². The van der Waals surface area contributed by atoms with Crippen LogP contribution in [-0.4, -0.2) is 68.6 Å². The van der Waals surface area contributed by atoms with Gasteiger partial charge in [-0.3, -0.25) is 14.5 Å². The van der Waals surface area contributed by atoms with Gasteiger partial charge in [-0.1, -0.05) is 12.1 Å². The van der Waals surface area contributed by atoms with Crippen molar-refractivity contribution in [3.8, 4) is 0 Å². The Bertz CT molecular complexity index is 621. The minimum atomic E-state index is -0.808. The smallest absolute Gasteiger partial charge is 0.340 e. The number of amides is 2. The number of piperazine rings is 1. The van der Waals surface area contributed by atoms with E-state index in [1.165, 1.54) is 6.07 Å². The number of benzene rings is 1. The second-order valence-electron chi connectivity index (χ2n) is 5.57. The van der Waals surface area contributed by atoms with Gasteiger partial charge in [-0.15, -0.1) is 12.4 Å². The highest BCUT2D eigenvalue weighted by Crippen LogP contribution is 2.16. The van der Waals surface area contributed by atoms with Crippen LogP contribution in [0.1, 0.15) is 17.3 Å². The highest BCUT2D eigenvalue weighted by atomic mass is 35.5. The Morgan fingerprint density at radius 3 is 2.54 bits per heavy atom. The summed E-state index contributed by atoms with van der Waals surface area (Å²) in [4.78, 5) is 38.0. The van der Waals surface area contributed by atoms with Crippen LogP contribution in [-0.2, 0) is 14.3 Å². The minimum absolute atomic E-state index is 0. The lowest BCUT2D eigenvalue weighted by atomic mass is 10.2. The van der Waals surface area contributed by atoms with Gasteiger partial charge >= 0.3 is 17.8 Å². The van der Waals surface area contributed by atoms with Crippen molar-refractivity contribution >= 4 is 35.9 Å². The number of nitrogens with one attached hydrogen (secondary N) is 3. The molecule has 26 heavy (non-hydrogen) atoms. The van der Waals surface area contributed by atoms with Gasteiger partial charge in [0, 0.05) is 39.3 Å². The molecule has 0 atom stereocenters. The van der Waals surface area contributed by atoms with Gasteiger partial charge in [0.05, 0.1) is 17.9 Å². The Hall–Kier alpha value is -2.16. The number of anilines is 1. The van der Waals surface area contributed by atoms with E-state index < -0.39 is 17.8 Å². The first-order valence-electron chi connectivity index (χ1n) is 8.40. The van der Waals surface area contributed by atoms with Crippen LogP contribution in [0.15, 0.2) is 24.3 Å². The van der Waals surface area contributed by atoms with Crippen molar-refractivity contribution in [1.29, 1.82) is 0 Å². The molecule has 1 aromatic rings. The van der Waals surface area contributed by atoms with Crippen molar-refractivity contribution in [2.75, 3.05) is 51.2 Å². The summed E-state index contributed by atoms with van der Waals surface area (Å²) in [7, 11) is 0. The van der Waals surface area contributed by atoms with Gasteiger partial charge in [0.15, 0.2) is 0 Å². The summed E-state index contributed by atoms with van der Waals surface area (Å²) in [5.41, 5.74) is 0.467. The van der Waals surface area contributed by atoms with Gasteiger partial charge in [-0.05, 0) is 19.1 Å². The summed E-state index contributed by atoms with van der Waals surface area (Å²) < 4.78 is 4.94. The molecule has 1 saturated heterocycles. The lowest BCUT2D eigenvalue weighted by Gasteiger charge is -2.26. The number of hydrogen-bond acceptors (Lipinski definition) is 6. The fraction of sp³-hybridized carbons (Fsp3) is 0.471. The number of rotatable bonds is 6. The van der Waals surface area contributed by atoms with E-state index in [1.807, 2.05) is 0 Å². The Kier molecular flexibility index (Phi) is 9.64. The number of carbonyl (C=O) groups excluding carboxylic acids is 3. The highest BCUT2D eigenvalue weighted by molar-refractivity contribution is 6.40. The summed E-state index contributed by atoms with van der Waals surface area (Å²) in [6, 6.07) is 6.42. The molecule has 3 N–H and O–H groups in total. The largest absolute Gasteiger partial charge is 0.462 e. The van der Waals surface area contributed by atoms with Gasteiger partial charge in [-0.25, -0.2) is 4.79 Å². The van der Waals surface area contributed by atoms with Crippen molar-refractivity contribution in [3.05, 3.63) is 29.8 Å². The average Bonchev–Trinajstić information content (AvgIpc) is 2.63. The van der Waals surface area contributed by atoms with Crippen molar-refractivity contribution in [2.24, 2.45) is 0 Å². The molecule has 1 heterocycles. The third-order valence-electron chi connectivity index (χ3n) is 3.80. The van der Waals surface area contributed by atoms with Gasteiger partial charge < -0.3 is 20.7 Å². The molecule has 0 bridgehead atoms. The number of halogens is 1. The number of nitrogens with zero attached hydrogens (tertiary/aromatic N) is 1. The molecule has 144 valence electrons. The van der Waals surface area contributed by atoms with Crippen molar-refractivity contribution in [1.82, 2.24) is 15.5 Å². The molecule has 0 saturated carbocycles. The number of para-hydroxylation sites is 1. The van der Waals surface area contributed by atoms with Crippen LogP contribution in [0.4, 0.5) is 5.69 Å². The SMILES string of the molecule is CCOC(=O)c1ccccc1NC(=O)C(=O)NCCN1CCNCC1.Cl. The number of esters is 1. The summed E-state index contributed by atoms with van der Waals surface area (Å²) in [6.07, 6.45) is 0. The molecule has 1 aliphatic rings. The zero-order chi connectivity index (χ0) is 18.1. The van der Waals surface area contributed by atoms with Crippen molar-refractivity contribution in [2.45, 2.75) is 6.92 Å². The Morgan fingerprint density at radius 1 is 1.15 bits per heavy atom. The van der Waals surface area contributed by atoms with Crippen LogP contribution in [0, 0.1) is 0 Å². The van der Waals surface area contributed by atoms with Gasteiger partial charge in [0.25, 0.3) is 0 Å². The lowest BCUT2D eigenvalue weighted by Crippen LogP contribution is -2.47. The molecular weight excluding hydrogens is 360 g/mol. The third kappa shape index (κ3) is 6.62. The molecule has 9 heteroatoms. The number of carbonyl (C=O) groups is 3. The second-order valence-corrected chi connectivity index (χ2v) is 5.57. The molecule has 0 aromatic heterocycles. The average molecular weight is 385 g/mol. The monoisotopic (exact) mass is 384 g/mol. The molecule has 0 spiro atoms. The van der Waals surface area contributed by atoms with E-state index in [1.54, 1.807) is 25.1 Å². The molecule has 2 amide bonds. The normalized spacial score (nSPS) is 14.0. The van der Waals surface area contributed by atoms with E-state index in [0.717, 1.165) is 26.2 Å². The molecule has 0 radical (unpaired) electrons. The topological polar surface area (TPSA) is 99.8 Å². The van der Waals surface area contributed by atoms with E-state index in [2.05, 4.69) is 20.9 Å². The molecule has 1 fully saturated rings. The first-order valence-corrected chi connectivity index (χ1v) is 8.40. The zero-order valence-electron chi connectivity index (χ0n) is 14.7. The molecule has 1 aliphatic heterocycles. The number of ether oxygens (including phenoxy) is 1. The summed E-state index contributed by atoms with van der Waals surface area (Å²) in [6.45, 7) is 6.73. The minimum Gasteiger partial charge on any atom is -0.462 e. The van der Waals surface area contributed by atoms with E-state index in [0.29, 0.717) is 13.1 Å². The Balaban J connectivity index is 0.00000338. The van der Waals surface area contributed by atoms with Crippen LogP contribution in [0.3, 0.4) is 0 Å². The molecule has 8 nitrogen and oxygen atoms in total. The van der Waals surface area contributed by atoms with Crippen molar-refractivity contribution in [3.63, 3.8) is 0 Å². The van der Waals surface area contributed by atoms with Crippen LogP contribution in [0.5, 0.6) is 0 Å². The molecule has 1 aromatic carbocycles. The summed E-state index contributed by atoms with van der Waals surface area (Å²) in [5.74, 6) is -2.08. The highest BCUT2D eigenvalue weighted by Gasteiger charge is 2.18. The maximum atomic E-state index is 12.0. The first-order chi connectivity index (χ1) is 12.1. The predicted molar refractivity (Wildman–Crippen MR) is 101 cm³/mol. The molecular formula is C17H25ClN4O4. The maximum Gasteiger partial charge on any atom is 0.340 e. The van der Waals surface area contributed by atoms with Crippen molar-refractivity contribution < 1.29 is 19.1 Å². The first kappa shape index (κ1) is 21.9. The summed E-state index contributed by atoms with van der Waals surface area (Å²) >= 11 is 0. The van der Waals surface area contributed by atoms with E-state index in [9.17, 15) is 14.4 Å². The lowest BCUT2D eigenvalue weighted by molar-refractivity contribution is -0.136. The molecule has 0 aliphatic carbocycles. The quantitative estimate of drug-likeness (QED) is 0.480. The fourth-order valence-corrected chi connectivity index (χ4v) is 2.50. The van der Waals surface area contributed by atoms with Gasteiger partial charge in [-0.2, -0.15) is 0 Å². The van der Waals surface area contributed by atoms with Gasteiger partial charge in [0.2, 0.25) is 0 Å². The standard InChI is InChI=1S/C17H24N4O4.ClH/c1-2-25-17(24)13-5-3-4-6-14(13)20-16(23)15(22)19-9-12-21-10-7-18-8-11-21;/h3-6,18H,2,7-12H2,1H3,(H,19,22)(H,20,23);1H. The van der Waals surface area contributed by atoms with E-state index in [-0.39, 0.29) is 30.3 Å². The van der Waals surface area contributed by atoms with E-state index >= 15 is 0 Å². The maximum absolute atomic E-state index is 12.0. The van der Waals surface area contributed by atoms with Crippen LogP contribution in [0.25, 0.3) is 0 Å². The second kappa shape index (κ2) is 11.5. The van der Waals surface area contributed by atoms with Crippen LogP contribution < -0.4 is 16.0 Å². The Labute approximate surface area is 159 Å². The Morgan fingerprint density at radius 2 is 1.85 bits per heavy atom. The predicted octanol–water partition coefficient (Wildman–Crippen LogP) is 0.245. The third-order valence-corrected chi connectivity index (χ3v) is 3.80. The molecule has 0 unspecified atom stereocenters. The fourth-order valence-electron chi connectivity index (χ4n) is 2.50. The zero-order valence-corrected chi connectivity index (χ0v) is 15.6.